The standard InChI is InChI=1S/C33H21N/c1-2-11-30-29(10-1)31-12-4-8-26-19-28(20-32(30)33(26)31)25-7-3-6-24(18-25)22-13-15-23(16-14-22)27-9-5-17-34-21-27/h1-21H. The smallest absolute Gasteiger partial charge is 0.0346 e. The van der Waals surface area contributed by atoms with Crippen molar-refractivity contribution in [1.82, 2.24) is 4.98 Å². The van der Waals surface area contributed by atoms with Crippen LogP contribution < -0.4 is 0 Å². The van der Waals surface area contributed by atoms with Crippen molar-refractivity contribution < 1.29 is 0 Å². The van der Waals surface area contributed by atoms with E-state index >= 15 is 0 Å². The highest BCUT2D eigenvalue weighted by Crippen LogP contribution is 2.48. The largest absolute Gasteiger partial charge is 0.264 e. The zero-order valence-electron chi connectivity index (χ0n) is 18.6. The van der Waals surface area contributed by atoms with E-state index in [0.29, 0.717) is 0 Å². The van der Waals surface area contributed by atoms with E-state index in [1.165, 1.54) is 60.8 Å². The molecule has 1 nitrogen and oxygen atoms in total. The van der Waals surface area contributed by atoms with Gasteiger partial charge in [0.25, 0.3) is 0 Å². The van der Waals surface area contributed by atoms with E-state index in [2.05, 4.69) is 114 Å². The third-order valence-electron chi connectivity index (χ3n) is 6.89. The van der Waals surface area contributed by atoms with Crippen molar-refractivity contribution in [2.24, 2.45) is 0 Å². The zero-order chi connectivity index (χ0) is 22.5. The number of hydrogen-bond donors (Lipinski definition) is 0. The minimum Gasteiger partial charge on any atom is -0.264 e. The fraction of sp³-hybridized carbons (Fsp3) is 0. The summed E-state index contributed by atoms with van der Waals surface area (Å²) in [7, 11) is 0. The third-order valence-corrected chi connectivity index (χ3v) is 6.89. The number of hydrogen-bond acceptors (Lipinski definition) is 1. The summed E-state index contributed by atoms with van der Waals surface area (Å²) in [6.07, 6.45) is 3.71. The van der Waals surface area contributed by atoms with Crippen LogP contribution in [0.25, 0.3) is 66.4 Å². The van der Waals surface area contributed by atoms with Gasteiger partial charge in [-0.2, -0.15) is 0 Å². The maximum atomic E-state index is 4.24. The Kier molecular flexibility index (Phi) is 4.22. The minimum absolute atomic E-state index is 1.14. The van der Waals surface area contributed by atoms with Crippen molar-refractivity contribution in [1.29, 1.82) is 0 Å². The number of fused-ring (bicyclic) bond motifs is 3. The monoisotopic (exact) mass is 431 g/mol. The van der Waals surface area contributed by atoms with Gasteiger partial charge in [-0.3, -0.25) is 4.98 Å². The summed E-state index contributed by atoms with van der Waals surface area (Å²) in [6, 6.07) is 41.8. The van der Waals surface area contributed by atoms with Crippen LogP contribution in [0, 0.1) is 0 Å². The molecule has 0 N–H and O–H groups in total. The van der Waals surface area contributed by atoms with E-state index in [1.807, 2.05) is 18.5 Å². The molecule has 1 heterocycles. The average molecular weight is 432 g/mol. The first kappa shape index (κ1) is 19.0. The second-order valence-electron chi connectivity index (χ2n) is 8.87. The van der Waals surface area contributed by atoms with Crippen molar-refractivity contribution >= 4 is 10.8 Å². The number of nitrogens with zero attached hydrogens (tertiary/aromatic N) is 1. The van der Waals surface area contributed by atoms with E-state index in [1.54, 1.807) is 0 Å². The normalized spacial score (nSPS) is 11.5. The number of aromatic nitrogens is 1. The van der Waals surface area contributed by atoms with Crippen LogP contribution in [0.5, 0.6) is 0 Å². The molecule has 1 heteroatoms. The van der Waals surface area contributed by atoms with Gasteiger partial charge in [0.05, 0.1) is 0 Å². The second kappa shape index (κ2) is 7.54. The van der Waals surface area contributed by atoms with E-state index in [-0.39, 0.29) is 0 Å². The lowest BCUT2D eigenvalue weighted by Gasteiger charge is -2.10. The molecule has 0 spiro atoms. The van der Waals surface area contributed by atoms with Crippen LogP contribution in [0.3, 0.4) is 0 Å². The van der Waals surface area contributed by atoms with Gasteiger partial charge in [0.15, 0.2) is 0 Å². The summed E-state index contributed by atoms with van der Waals surface area (Å²) in [5.41, 5.74) is 12.6. The molecule has 0 aliphatic heterocycles. The van der Waals surface area contributed by atoms with E-state index in [9.17, 15) is 0 Å². The molecule has 0 saturated carbocycles. The Morgan fingerprint density at radius 2 is 1.03 bits per heavy atom. The number of rotatable bonds is 3. The summed E-state index contributed by atoms with van der Waals surface area (Å²) in [6.45, 7) is 0. The van der Waals surface area contributed by atoms with Gasteiger partial charge in [0.2, 0.25) is 0 Å². The van der Waals surface area contributed by atoms with Crippen LogP contribution in [0.2, 0.25) is 0 Å². The SMILES string of the molecule is c1cncc(-c2ccc(-c3cccc(-c4cc5c6c(cccc6c4)-c4ccccc4-5)c3)cc2)c1. The topological polar surface area (TPSA) is 12.9 Å². The predicted molar refractivity (Wildman–Crippen MR) is 142 cm³/mol. The van der Waals surface area contributed by atoms with Crippen molar-refractivity contribution in [3.8, 4) is 55.6 Å². The summed E-state index contributed by atoms with van der Waals surface area (Å²) in [4.78, 5) is 4.24. The number of benzene rings is 5. The van der Waals surface area contributed by atoms with Gasteiger partial charge in [-0.25, -0.2) is 0 Å². The highest BCUT2D eigenvalue weighted by Gasteiger charge is 2.21. The second-order valence-corrected chi connectivity index (χ2v) is 8.87. The van der Waals surface area contributed by atoms with E-state index < -0.39 is 0 Å². The molecule has 0 unspecified atom stereocenters. The van der Waals surface area contributed by atoms with Crippen molar-refractivity contribution in [2.75, 3.05) is 0 Å². The molecule has 0 saturated heterocycles. The molecule has 7 rings (SSSR count). The Balaban J connectivity index is 1.32. The quantitative estimate of drug-likeness (QED) is 0.272. The number of pyridine rings is 1. The van der Waals surface area contributed by atoms with Crippen LogP contribution in [-0.2, 0) is 0 Å². The first-order chi connectivity index (χ1) is 16.8. The molecule has 0 atom stereocenters. The highest BCUT2D eigenvalue weighted by molar-refractivity contribution is 6.16. The van der Waals surface area contributed by atoms with Crippen molar-refractivity contribution in [3.05, 3.63) is 128 Å². The maximum absolute atomic E-state index is 4.24. The molecular weight excluding hydrogens is 410 g/mol. The molecule has 6 aromatic rings. The fourth-order valence-corrected chi connectivity index (χ4v) is 5.25. The predicted octanol–water partition coefficient (Wildman–Crippen LogP) is 8.88. The summed E-state index contributed by atoms with van der Waals surface area (Å²) >= 11 is 0. The first-order valence-corrected chi connectivity index (χ1v) is 11.6. The molecule has 34 heavy (non-hydrogen) atoms. The Morgan fingerprint density at radius 1 is 0.382 bits per heavy atom. The van der Waals surface area contributed by atoms with E-state index in [4.69, 9.17) is 0 Å². The molecule has 5 aromatic carbocycles. The fourth-order valence-electron chi connectivity index (χ4n) is 5.25. The van der Waals surface area contributed by atoms with Crippen molar-refractivity contribution in [3.63, 3.8) is 0 Å². The lowest BCUT2D eigenvalue weighted by Crippen LogP contribution is -1.85. The van der Waals surface area contributed by atoms with Gasteiger partial charge >= 0.3 is 0 Å². The van der Waals surface area contributed by atoms with Crippen LogP contribution in [0.1, 0.15) is 0 Å². The maximum Gasteiger partial charge on any atom is 0.0346 e. The molecule has 0 amide bonds. The molecule has 1 aliphatic rings. The molecule has 0 fully saturated rings. The van der Waals surface area contributed by atoms with E-state index in [0.717, 1.165) is 5.56 Å². The Morgan fingerprint density at radius 3 is 1.79 bits per heavy atom. The molecule has 1 aliphatic carbocycles. The minimum atomic E-state index is 1.14. The molecule has 1 aromatic heterocycles. The summed E-state index contributed by atoms with van der Waals surface area (Å²) in [5.74, 6) is 0. The Labute approximate surface area is 199 Å². The van der Waals surface area contributed by atoms with Gasteiger partial charge < -0.3 is 0 Å². The molecule has 0 radical (unpaired) electrons. The Hall–Kier alpha value is -4.49. The average Bonchev–Trinajstić information content (AvgIpc) is 3.24. The summed E-state index contributed by atoms with van der Waals surface area (Å²) in [5, 5.41) is 2.67. The third kappa shape index (κ3) is 2.98. The van der Waals surface area contributed by atoms with Crippen LogP contribution in [0.4, 0.5) is 0 Å². The Bertz CT molecular complexity index is 1680. The lowest BCUT2D eigenvalue weighted by molar-refractivity contribution is 1.33. The van der Waals surface area contributed by atoms with Gasteiger partial charge in [0, 0.05) is 12.4 Å². The van der Waals surface area contributed by atoms with Gasteiger partial charge in [-0.15, -0.1) is 0 Å². The molecular formula is C33H21N. The van der Waals surface area contributed by atoms with Crippen LogP contribution in [-0.4, -0.2) is 4.98 Å². The zero-order valence-corrected chi connectivity index (χ0v) is 18.6. The van der Waals surface area contributed by atoms with Gasteiger partial charge in [0.1, 0.15) is 0 Å². The van der Waals surface area contributed by atoms with Crippen LogP contribution in [0.15, 0.2) is 128 Å². The molecule has 158 valence electrons. The lowest BCUT2D eigenvalue weighted by atomic mass is 9.94. The molecule has 0 bridgehead atoms. The first-order valence-electron chi connectivity index (χ1n) is 11.6. The van der Waals surface area contributed by atoms with Crippen LogP contribution >= 0.6 is 0 Å². The van der Waals surface area contributed by atoms with Gasteiger partial charge in [-0.05, 0) is 90.7 Å². The van der Waals surface area contributed by atoms with Gasteiger partial charge in [-0.1, -0.05) is 91.0 Å². The van der Waals surface area contributed by atoms with Crippen molar-refractivity contribution in [2.45, 2.75) is 0 Å². The summed E-state index contributed by atoms with van der Waals surface area (Å²) < 4.78 is 0. The highest BCUT2D eigenvalue weighted by atomic mass is 14.6.